The second kappa shape index (κ2) is 5.35. The lowest BCUT2D eigenvalue weighted by atomic mass is 10.1. The Morgan fingerprint density at radius 2 is 1.95 bits per heavy atom. The van der Waals surface area contributed by atoms with E-state index in [4.69, 9.17) is 23.2 Å². The van der Waals surface area contributed by atoms with Crippen molar-refractivity contribution in [2.24, 2.45) is 0 Å². The van der Waals surface area contributed by atoms with Crippen molar-refractivity contribution >= 4 is 34.5 Å². The molecule has 7 heteroatoms. The molecule has 0 fully saturated rings. The highest BCUT2D eigenvalue weighted by molar-refractivity contribution is 6.42. The van der Waals surface area contributed by atoms with Gasteiger partial charge < -0.3 is 4.57 Å². The molecule has 0 aliphatic rings. The molecule has 3 aromatic rings. The Bertz CT molecular complexity index is 899. The van der Waals surface area contributed by atoms with E-state index in [0.717, 1.165) is 0 Å². The largest absolute Gasteiger partial charge is 0.304 e. The summed E-state index contributed by atoms with van der Waals surface area (Å²) in [5, 5.41) is 4.65. The van der Waals surface area contributed by atoms with Gasteiger partial charge in [-0.2, -0.15) is 5.10 Å². The van der Waals surface area contributed by atoms with Crippen molar-refractivity contribution < 1.29 is 4.79 Å². The molecule has 2 heterocycles. The molecular formula is C14H9Cl2N3O2. The third kappa shape index (κ3) is 2.57. The number of Topliss-reactive ketones (excluding diaryl/α,β-unsaturated/α-hetero) is 1. The number of hydrogen-bond acceptors (Lipinski definition) is 3. The maximum atomic E-state index is 12.2. The molecular weight excluding hydrogens is 313 g/mol. The summed E-state index contributed by atoms with van der Waals surface area (Å²) < 4.78 is 2.80. The summed E-state index contributed by atoms with van der Waals surface area (Å²) in [6.45, 7) is -0.0710. The topological polar surface area (TPSA) is 56.4 Å². The number of aromatic nitrogens is 3. The highest BCUT2D eigenvalue weighted by Crippen LogP contribution is 2.22. The quantitative estimate of drug-likeness (QED) is 0.697. The molecule has 1 aromatic carbocycles. The zero-order chi connectivity index (χ0) is 15.0. The van der Waals surface area contributed by atoms with Crippen LogP contribution < -0.4 is 5.56 Å². The number of halogens is 2. The minimum Gasteiger partial charge on any atom is -0.304 e. The number of nitrogens with zero attached hydrogens (tertiary/aromatic N) is 3. The van der Waals surface area contributed by atoms with E-state index in [1.807, 2.05) is 0 Å². The number of ketones is 1. The minimum atomic E-state index is -0.275. The monoisotopic (exact) mass is 321 g/mol. The molecule has 5 nitrogen and oxygen atoms in total. The molecule has 0 aliphatic carbocycles. The molecule has 0 N–H and O–H groups in total. The molecule has 2 aromatic heterocycles. The summed E-state index contributed by atoms with van der Waals surface area (Å²) in [6.07, 6.45) is 4.68. The fraction of sp³-hybridized carbons (Fsp3) is 0.0714. The van der Waals surface area contributed by atoms with Gasteiger partial charge in [0.25, 0.3) is 5.56 Å². The highest BCUT2D eigenvalue weighted by Gasteiger charge is 2.11. The summed E-state index contributed by atoms with van der Waals surface area (Å²) in [5.41, 5.74) is 0.549. The molecule has 106 valence electrons. The van der Waals surface area contributed by atoms with Crippen LogP contribution in [0.5, 0.6) is 0 Å². The molecule has 0 unspecified atom stereocenters. The lowest BCUT2D eigenvalue weighted by Crippen LogP contribution is -2.25. The molecule has 0 bridgehead atoms. The standard InChI is InChI=1S/C14H9Cl2N3O2/c15-10-2-1-9(7-11(10)16)13(20)8-18-5-6-19-12(14(18)21)3-4-17-19/h1-7H,8H2. The third-order valence-corrected chi connectivity index (χ3v) is 3.83. The molecule has 0 atom stereocenters. The second-order valence-corrected chi connectivity index (χ2v) is 5.26. The summed E-state index contributed by atoms with van der Waals surface area (Å²) in [5.74, 6) is -0.223. The van der Waals surface area contributed by atoms with Crippen LogP contribution in [0.2, 0.25) is 10.0 Å². The van der Waals surface area contributed by atoms with E-state index >= 15 is 0 Å². The first-order valence-corrected chi connectivity index (χ1v) is 6.83. The van der Waals surface area contributed by atoms with Gasteiger partial charge in [0, 0.05) is 18.0 Å². The zero-order valence-corrected chi connectivity index (χ0v) is 12.2. The van der Waals surface area contributed by atoms with Crippen LogP contribution >= 0.6 is 23.2 Å². The van der Waals surface area contributed by atoms with E-state index in [1.165, 1.54) is 27.5 Å². The van der Waals surface area contributed by atoms with Gasteiger partial charge in [-0.1, -0.05) is 23.2 Å². The van der Waals surface area contributed by atoms with Crippen LogP contribution in [0, 0.1) is 0 Å². The van der Waals surface area contributed by atoms with Gasteiger partial charge in [-0.15, -0.1) is 0 Å². The first kappa shape index (κ1) is 13.9. The SMILES string of the molecule is O=C(Cn1ccn2nccc2c1=O)c1ccc(Cl)c(Cl)c1. The molecule has 0 radical (unpaired) electrons. The van der Waals surface area contributed by atoms with Gasteiger partial charge in [0.1, 0.15) is 5.52 Å². The molecule has 0 amide bonds. The van der Waals surface area contributed by atoms with Crippen molar-refractivity contribution in [1.82, 2.24) is 14.2 Å². The van der Waals surface area contributed by atoms with Crippen LogP contribution in [0.25, 0.3) is 5.52 Å². The number of rotatable bonds is 3. The van der Waals surface area contributed by atoms with Crippen molar-refractivity contribution in [3.63, 3.8) is 0 Å². The molecule has 0 spiro atoms. The summed E-state index contributed by atoms with van der Waals surface area (Å²) in [7, 11) is 0. The zero-order valence-electron chi connectivity index (χ0n) is 10.7. The van der Waals surface area contributed by atoms with Crippen LogP contribution in [0.1, 0.15) is 10.4 Å². The van der Waals surface area contributed by atoms with Gasteiger partial charge in [-0.05, 0) is 24.3 Å². The van der Waals surface area contributed by atoms with Crippen LogP contribution in [0.4, 0.5) is 0 Å². The first-order chi connectivity index (χ1) is 10.1. The van der Waals surface area contributed by atoms with E-state index in [1.54, 1.807) is 24.4 Å². The number of fused-ring (bicyclic) bond motifs is 1. The smallest absolute Gasteiger partial charge is 0.276 e. The van der Waals surface area contributed by atoms with E-state index < -0.39 is 0 Å². The van der Waals surface area contributed by atoms with Crippen molar-refractivity contribution in [2.75, 3.05) is 0 Å². The second-order valence-electron chi connectivity index (χ2n) is 4.44. The molecule has 21 heavy (non-hydrogen) atoms. The Morgan fingerprint density at radius 1 is 1.14 bits per heavy atom. The Balaban J connectivity index is 1.94. The molecule has 0 aliphatic heterocycles. The summed E-state index contributed by atoms with van der Waals surface area (Å²) in [6, 6.07) is 6.23. The van der Waals surface area contributed by atoms with Crippen LogP contribution in [0.3, 0.4) is 0 Å². The van der Waals surface area contributed by atoms with Gasteiger partial charge in [-0.3, -0.25) is 9.59 Å². The Morgan fingerprint density at radius 3 is 2.71 bits per heavy atom. The number of carbonyl (C=O) groups is 1. The van der Waals surface area contributed by atoms with E-state index in [-0.39, 0.29) is 17.9 Å². The van der Waals surface area contributed by atoms with Crippen molar-refractivity contribution in [1.29, 1.82) is 0 Å². The fourth-order valence-electron chi connectivity index (χ4n) is 2.00. The Kier molecular flexibility index (Phi) is 3.53. The molecule has 0 saturated heterocycles. The first-order valence-electron chi connectivity index (χ1n) is 6.07. The van der Waals surface area contributed by atoms with E-state index in [2.05, 4.69) is 5.10 Å². The fourth-order valence-corrected chi connectivity index (χ4v) is 2.30. The highest BCUT2D eigenvalue weighted by atomic mass is 35.5. The maximum absolute atomic E-state index is 12.2. The predicted octanol–water partition coefficient (Wildman–Crippen LogP) is 2.69. The summed E-state index contributed by atoms with van der Waals surface area (Å²) >= 11 is 11.7. The number of hydrogen-bond donors (Lipinski definition) is 0. The van der Waals surface area contributed by atoms with Gasteiger partial charge in [-0.25, -0.2) is 4.52 Å². The van der Waals surface area contributed by atoms with Gasteiger partial charge >= 0.3 is 0 Å². The lowest BCUT2D eigenvalue weighted by molar-refractivity contribution is 0.0971. The minimum absolute atomic E-state index is 0.0710. The number of benzene rings is 1. The number of carbonyl (C=O) groups excluding carboxylic acids is 1. The van der Waals surface area contributed by atoms with Gasteiger partial charge in [0.15, 0.2) is 5.78 Å². The third-order valence-electron chi connectivity index (χ3n) is 3.09. The lowest BCUT2D eigenvalue weighted by Gasteiger charge is -2.06. The molecule has 3 rings (SSSR count). The van der Waals surface area contributed by atoms with Crippen molar-refractivity contribution in [2.45, 2.75) is 6.54 Å². The normalized spacial score (nSPS) is 11.0. The Hall–Kier alpha value is -2.11. The van der Waals surface area contributed by atoms with Crippen molar-refractivity contribution in [3.05, 3.63) is 68.8 Å². The van der Waals surface area contributed by atoms with Crippen LogP contribution in [0.15, 0.2) is 47.7 Å². The Labute approximate surface area is 129 Å². The molecule has 0 saturated carbocycles. The van der Waals surface area contributed by atoms with Gasteiger partial charge in [0.05, 0.1) is 22.8 Å². The van der Waals surface area contributed by atoms with E-state index in [9.17, 15) is 9.59 Å². The average Bonchev–Trinajstić information content (AvgIpc) is 2.94. The average molecular weight is 322 g/mol. The predicted molar refractivity (Wildman–Crippen MR) is 80.2 cm³/mol. The van der Waals surface area contributed by atoms with E-state index in [0.29, 0.717) is 21.1 Å². The summed E-state index contributed by atoms with van der Waals surface area (Å²) in [4.78, 5) is 24.4. The van der Waals surface area contributed by atoms with Crippen molar-refractivity contribution in [3.8, 4) is 0 Å². The van der Waals surface area contributed by atoms with Crippen LogP contribution in [-0.2, 0) is 6.54 Å². The maximum Gasteiger partial charge on any atom is 0.276 e. The van der Waals surface area contributed by atoms with Crippen LogP contribution in [-0.4, -0.2) is 20.0 Å². The van der Waals surface area contributed by atoms with Gasteiger partial charge in [0.2, 0.25) is 0 Å².